The van der Waals surface area contributed by atoms with E-state index in [0.29, 0.717) is 5.41 Å². The molecule has 0 amide bonds. The minimum absolute atomic E-state index is 0.511. The summed E-state index contributed by atoms with van der Waals surface area (Å²) >= 11 is 0. The molecule has 2 aliphatic rings. The van der Waals surface area contributed by atoms with Crippen molar-refractivity contribution in [3.8, 4) is 0 Å². The van der Waals surface area contributed by atoms with Gasteiger partial charge in [0.05, 0.1) is 0 Å². The molecule has 0 spiro atoms. The zero-order valence-electron chi connectivity index (χ0n) is 12.6. The standard InChI is InChI=1S/C16H32N2/c1-16(2,3)14-4-6-15(7-5-14)18-10-8-13(12-17)9-11-18/h13-15H,4-12,17H2,1-3H3. The molecule has 1 saturated heterocycles. The Morgan fingerprint density at radius 2 is 1.50 bits per heavy atom. The van der Waals surface area contributed by atoms with Crippen LogP contribution in [0.4, 0.5) is 0 Å². The van der Waals surface area contributed by atoms with Gasteiger partial charge in [-0.05, 0) is 75.4 Å². The van der Waals surface area contributed by atoms with E-state index in [1.807, 2.05) is 0 Å². The van der Waals surface area contributed by atoms with Gasteiger partial charge in [-0.1, -0.05) is 20.8 Å². The lowest BCUT2D eigenvalue weighted by Gasteiger charge is -2.43. The Balaban J connectivity index is 1.77. The average Bonchev–Trinajstić information content (AvgIpc) is 2.38. The molecule has 1 saturated carbocycles. The summed E-state index contributed by atoms with van der Waals surface area (Å²) in [4.78, 5) is 2.76. The maximum atomic E-state index is 5.77. The van der Waals surface area contributed by atoms with Crippen molar-refractivity contribution in [3.63, 3.8) is 0 Å². The summed E-state index contributed by atoms with van der Waals surface area (Å²) in [5.41, 5.74) is 6.29. The molecule has 1 heterocycles. The Hall–Kier alpha value is -0.0800. The van der Waals surface area contributed by atoms with Gasteiger partial charge in [0.2, 0.25) is 0 Å². The van der Waals surface area contributed by atoms with Gasteiger partial charge >= 0.3 is 0 Å². The Kier molecular flexibility index (Phi) is 4.71. The van der Waals surface area contributed by atoms with Crippen LogP contribution in [0, 0.1) is 17.3 Å². The molecular formula is C16H32N2. The first kappa shape index (κ1) is 14.3. The Morgan fingerprint density at radius 1 is 0.944 bits per heavy atom. The highest BCUT2D eigenvalue weighted by atomic mass is 15.2. The van der Waals surface area contributed by atoms with E-state index in [4.69, 9.17) is 5.73 Å². The van der Waals surface area contributed by atoms with E-state index < -0.39 is 0 Å². The zero-order chi connectivity index (χ0) is 13.2. The fourth-order valence-electron chi connectivity index (χ4n) is 3.86. The van der Waals surface area contributed by atoms with Gasteiger partial charge in [0, 0.05) is 6.04 Å². The molecule has 0 unspecified atom stereocenters. The van der Waals surface area contributed by atoms with Crippen molar-refractivity contribution in [3.05, 3.63) is 0 Å². The maximum absolute atomic E-state index is 5.77. The molecule has 0 aromatic heterocycles. The van der Waals surface area contributed by atoms with E-state index in [1.165, 1.54) is 51.6 Å². The lowest BCUT2D eigenvalue weighted by Crippen LogP contribution is -2.45. The van der Waals surface area contributed by atoms with Crippen molar-refractivity contribution in [1.82, 2.24) is 4.90 Å². The van der Waals surface area contributed by atoms with E-state index in [9.17, 15) is 0 Å². The van der Waals surface area contributed by atoms with Gasteiger partial charge in [0.25, 0.3) is 0 Å². The van der Waals surface area contributed by atoms with E-state index in [1.54, 1.807) is 0 Å². The molecule has 18 heavy (non-hydrogen) atoms. The van der Waals surface area contributed by atoms with E-state index >= 15 is 0 Å². The molecule has 0 radical (unpaired) electrons. The van der Waals surface area contributed by atoms with Crippen molar-refractivity contribution in [1.29, 1.82) is 0 Å². The Morgan fingerprint density at radius 3 is 1.94 bits per heavy atom. The summed E-state index contributed by atoms with van der Waals surface area (Å²) in [6.07, 6.45) is 8.38. The summed E-state index contributed by atoms with van der Waals surface area (Å²) in [6, 6.07) is 0.877. The molecule has 1 aliphatic carbocycles. The number of likely N-dealkylation sites (tertiary alicyclic amines) is 1. The monoisotopic (exact) mass is 252 g/mol. The molecule has 2 rings (SSSR count). The van der Waals surface area contributed by atoms with Crippen LogP contribution in [-0.4, -0.2) is 30.6 Å². The number of nitrogens with zero attached hydrogens (tertiary/aromatic N) is 1. The van der Waals surface area contributed by atoms with E-state index in [2.05, 4.69) is 25.7 Å². The number of piperidine rings is 1. The lowest BCUT2D eigenvalue weighted by atomic mass is 9.71. The summed E-state index contributed by atoms with van der Waals surface area (Å²) in [7, 11) is 0. The first-order chi connectivity index (χ1) is 8.50. The molecular weight excluding hydrogens is 220 g/mol. The van der Waals surface area contributed by atoms with Crippen molar-refractivity contribution in [2.24, 2.45) is 23.0 Å². The number of nitrogens with two attached hydrogens (primary N) is 1. The normalized spacial score (nSPS) is 32.7. The van der Waals surface area contributed by atoms with Crippen LogP contribution in [0.3, 0.4) is 0 Å². The highest BCUT2D eigenvalue weighted by Gasteiger charge is 2.32. The van der Waals surface area contributed by atoms with Gasteiger partial charge in [-0.15, -0.1) is 0 Å². The third-order valence-electron chi connectivity index (χ3n) is 5.42. The molecule has 2 N–H and O–H groups in total. The second-order valence-corrected chi connectivity index (χ2v) is 7.59. The predicted molar refractivity (Wildman–Crippen MR) is 78.6 cm³/mol. The van der Waals surface area contributed by atoms with Gasteiger partial charge in [0.1, 0.15) is 0 Å². The molecule has 0 aromatic carbocycles. The lowest BCUT2D eigenvalue weighted by molar-refractivity contribution is 0.0714. The van der Waals surface area contributed by atoms with Gasteiger partial charge in [0.15, 0.2) is 0 Å². The molecule has 2 heteroatoms. The fraction of sp³-hybridized carbons (Fsp3) is 1.00. The molecule has 106 valence electrons. The van der Waals surface area contributed by atoms with Crippen LogP contribution in [0.2, 0.25) is 0 Å². The molecule has 2 nitrogen and oxygen atoms in total. The van der Waals surface area contributed by atoms with Crippen molar-refractivity contribution >= 4 is 0 Å². The van der Waals surface area contributed by atoms with Crippen molar-refractivity contribution < 1.29 is 0 Å². The van der Waals surface area contributed by atoms with Gasteiger partial charge in [-0.3, -0.25) is 0 Å². The van der Waals surface area contributed by atoms with Gasteiger partial charge in [-0.2, -0.15) is 0 Å². The average molecular weight is 252 g/mol. The second kappa shape index (κ2) is 5.92. The third kappa shape index (κ3) is 3.48. The van der Waals surface area contributed by atoms with Crippen LogP contribution < -0.4 is 5.73 Å². The van der Waals surface area contributed by atoms with E-state index in [-0.39, 0.29) is 0 Å². The summed E-state index contributed by atoms with van der Waals surface area (Å²) < 4.78 is 0. The van der Waals surface area contributed by atoms with Crippen LogP contribution >= 0.6 is 0 Å². The summed E-state index contributed by atoms with van der Waals surface area (Å²) in [5, 5.41) is 0. The maximum Gasteiger partial charge on any atom is 0.00954 e. The SMILES string of the molecule is CC(C)(C)C1CCC(N2CCC(CN)CC2)CC1. The van der Waals surface area contributed by atoms with Gasteiger partial charge in [-0.25, -0.2) is 0 Å². The van der Waals surface area contributed by atoms with Crippen LogP contribution in [0.15, 0.2) is 0 Å². The Labute approximate surface area is 113 Å². The minimum Gasteiger partial charge on any atom is -0.330 e. The first-order valence-corrected chi connectivity index (χ1v) is 7.95. The molecule has 0 bridgehead atoms. The predicted octanol–water partition coefficient (Wildman–Crippen LogP) is 3.26. The van der Waals surface area contributed by atoms with Crippen LogP contribution in [0.1, 0.15) is 59.3 Å². The van der Waals surface area contributed by atoms with Crippen molar-refractivity contribution in [2.75, 3.05) is 19.6 Å². The minimum atomic E-state index is 0.511. The number of hydrogen-bond acceptors (Lipinski definition) is 2. The molecule has 2 fully saturated rings. The highest BCUT2D eigenvalue weighted by molar-refractivity contribution is 4.86. The molecule has 1 aliphatic heterocycles. The van der Waals surface area contributed by atoms with E-state index in [0.717, 1.165) is 24.4 Å². The third-order valence-corrected chi connectivity index (χ3v) is 5.42. The Bertz CT molecular complexity index is 240. The van der Waals surface area contributed by atoms with Crippen LogP contribution in [-0.2, 0) is 0 Å². The highest BCUT2D eigenvalue weighted by Crippen LogP contribution is 2.39. The number of rotatable bonds is 2. The smallest absolute Gasteiger partial charge is 0.00954 e. The van der Waals surface area contributed by atoms with Crippen LogP contribution in [0.5, 0.6) is 0 Å². The van der Waals surface area contributed by atoms with Gasteiger partial charge < -0.3 is 10.6 Å². The van der Waals surface area contributed by atoms with Crippen LogP contribution in [0.25, 0.3) is 0 Å². The topological polar surface area (TPSA) is 29.3 Å². The summed E-state index contributed by atoms with van der Waals surface area (Å²) in [5.74, 6) is 1.74. The molecule has 0 aromatic rings. The molecule has 0 atom stereocenters. The number of hydrogen-bond donors (Lipinski definition) is 1. The second-order valence-electron chi connectivity index (χ2n) is 7.59. The zero-order valence-corrected chi connectivity index (χ0v) is 12.6. The van der Waals surface area contributed by atoms with Crippen molar-refractivity contribution in [2.45, 2.75) is 65.3 Å². The fourth-order valence-corrected chi connectivity index (χ4v) is 3.86. The summed E-state index contributed by atoms with van der Waals surface area (Å²) in [6.45, 7) is 10.7. The quantitative estimate of drug-likeness (QED) is 0.817. The largest absolute Gasteiger partial charge is 0.330 e. The first-order valence-electron chi connectivity index (χ1n) is 7.95.